The van der Waals surface area contributed by atoms with Gasteiger partial charge in [-0.25, -0.2) is 9.78 Å². The van der Waals surface area contributed by atoms with Gasteiger partial charge in [0.25, 0.3) is 5.91 Å². The zero-order valence-corrected chi connectivity index (χ0v) is 16.0. The van der Waals surface area contributed by atoms with Gasteiger partial charge < -0.3 is 14.5 Å². The molecule has 9 heteroatoms. The Bertz CT molecular complexity index is 805. The number of ether oxygens (including phenoxy) is 1. The van der Waals surface area contributed by atoms with E-state index in [1.807, 2.05) is 22.6 Å². The second kappa shape index (κ2) is 8.50. The number of rotatable bonds is 5. The first-order valence-corrected chi connectivity index (χ1v) is 8.41. The second-order valence-electron chi connectivity index (χ2n) is 4.52. The molecule has 126 valence electrons. The maximum absolute atomic E-state index is 11.8. The lowest BCUT2D eigenvalue weighted by Crippen LogP contribution is -2.21. The fourth-order valence-electron chi connectivity index (χ4n) is 1.57. The fourth-order valence-corrected chi connectivity index (χ4v) is 2.39. The monoisotopic (exact) mass is 480 g/mol. The quantitative estimate of drug-likeness (QED) is 0.396. The second-order valence-corrected chi connectivity index (χ2v) is 6.37. The highest BCUT2D eigenvalue weighted by atomic mass is 127. The Morgan fingerprint density at radius 1 is 1.42 bits per heavy atom. The summed E-state index contributed by atoms with van der Waals surface area (Å²) in [6, 6.07) is 3.46. The summed E-state index contributed by atoms with van der Waals surface area (Å²) in [5, 5.41) is 3.07. The van der Waals surface area contributed by atoms with Crippen LogP contribution in [0.15, 0.2) is 28.8 Å². The Morgan fingerprint density at radius 2 is 2.17 bits per heavy atom. The smallest absolute Gasteiger partial charge is 0.331 e. The largest absolute Gasteiger partial charge is 0.452 e. The van der Waals surface area contributed by atoms with Gasteiger partial charge in [0.2, 0.25) is 0 Å². The van der Waals surface area contributed by atoms with Crippen molar-refractivity contribution in [1.82, 2.24) is 4.98 Å². The van der Waals surface area contributed by atoms with Crippen molar-refractivity contribution < 1.29 is 18.7 Å². The van der Waals surface area contributed by atoms with E-state index in [2.05, 4.69) is 10.3 Å². The van der Waals surface area contributed by atoms with Gasteiger partial charge in [0.15, 0.2) is 16.2 Å². The van der Waals surface area contributed by atoms with Crippen LogP contribution >= 0.6 is 45.8 Å². The highest BCUT2D eigenvalue weighted by molar-refractivity contribution is 14.1. The van der Waals surface area contributed by atoms with Crippen molar-refractivity contribution in [3.8, 4) is 0 Å². The summed E-state index contributed by atoms with van der Waals surface area (Å²) in [6.07, 6.45) is 3.99. The van der Waals surface area contributed by atoms with Gasteiger partial charge in [-0.15, -0.1) is 0 Å². The van der Waals surface area contributed by atoms with Crippen LogP contribution in [0.2, 0.25) is 10.0 Å². The third kappa shape index (κ3) is 5.22. The Labute approximate surface area is 161 Å². The summed E-state index contributed by atoms with van der Waals surface area (Å²) in [6.45, 7) is 1.22. The van der Waals surface area contributed by atoms with Crippen LogP contribution in [0.5, 0.6) is 0 Å². The van der Waals surface area contributed by atoms with E-state index in [1.54, 1.807) is 19.1 Å². The number of nitrogens with one attached hydrogen (secondary N) is 1. The molecule has 0 aliphatic carbocycles. The molecule has 6 nitrogen and oxygen atoms in total. The minimum Gasteiger partial charge on any atom is -0.452 e. The van der Waals surface area contributed by atoms with Gasteiger partial charge >= 0.3 is 5.97 Å². The molecule has 2 heterocycles. The highest BCUT2D eigenvalue weighted by Gasteiger charge is 2.12. The Morgan fingerprint density at radius 3 is 2.83 bits per heavy atom. The van der Waals surface area contributed by atoms with E-state index in [9.17, 15) is 9.59 Å². The zero-order valence-electron chi connectivity index (χ0n) is 12.3. The lowest BCUT2D eigenvalue weighted by atomic mass is 10.3. The van der Waals surface area contributed by atoms with Gasteiger partial charge in [-0.2, -0.15) is 0 Å². The SMILES string of the molecule is Cc1c(Cl)cnc(NC(=O)COC(=O)/C=C/c2ccc(I)o2)c1Cl. The third-order valence-electron chi connectivity index (χ3n) is 2.78. The molecule has 24 heavy (non-hydrogen) atoms. The van der Waals surface area contributed by atoms with E-state index in [1.165, 1.54) is 18.3 Å². The van der Waals surface area contributed by atoms with E-state index in [4.69, 9.17) is 32.4 Å². The average Bonchev–Trinajstić information content (AvgIpc) is 2.97. The molecule has 0 bridgehead atoms. The number of nitrogens with zero attached hydrogens (tertiary/aromatic N) is 1. The minimum atomic E-state index is -0.678. The van der Waals surface area contributed by atoms with Gasteiger partial charge in [0, 0.05) is 12.3 Å². The Balaban J connectivity index is 1.86. The number of amides is 1. The number of esters is 1. The maximum Gasteiger partial charge on any atom is 0.331 e. The van der Waals surface area contributed by atoms with Gasteiger partial charge in [-0.05, 0) is 53.3 Å². The van der Waals surface area contributed by atoms with Gasteiger partial charge in [0.05, 0.1) is 10.0 Å². The van der Waals surface area contributed by atoms with Crippen LogP contribution in [-0.4, -0.2) is 23.5 Å². The molecule has 0 saturated carbocycles. The minimum absolute atomic E-state index is 0.153. The Kier molecular flexibility index (Phi) is 6.64. The summed E-state index contributed by atoms with van der Waals surface area (Å²) >= 11 is 13.9. The molecule has 1 amide bonds. The molecule has 0 aliphatic heterocycles. The first-order chi connectivity index (χ1) is 11.4. The van der Waals surface area contributed by atoms with Crippen molar-refractivity contribution in [2.24, 2.45) is 0 Å². The van der Waals surface area contributed by atoms with Gasteiger partial charge in [-0.1, -0.05) is 23.2 Å². The average molecular weight is 481 g/mol. The number of halogens is 3. The number of aromatic nitrogens is 1. The molecule has 0 spiro atoms. The van der Waals surface area contributed by atoms with E-state index in [0.29, 0.717) is 20.1 Å². The number of hydrogen-bond acceptors (Lipinski definition) is 5. The molecule has 0 saturated heterocycles. The molecule has 2 rings (SSSR count). The van der Waals surface area contributed by atoms with Crippen LogP contribution in [0.25, 0.3) is 6.08 Å². The van der Waals surface area contributed by atoms with E-state index < -0.39 is 18.5 Å². The van der Waals surface area contributed by atoms with Crippen LogP contribution < -0.4 is 5.32 Å². The molecule has 0 radical (unpaired) electrons. The molecular weight excluding hydrogens is 470 g/mol. The Hall–Kier alpha value is -1.58. The number of furan rings is 1. The number of pyridine rings is 1. The lowest BCUT2D eigenvalue weighted by molar-refractivity contribution is -0.142. The van der Waals surface area contributed by atoms with Crippen molar-refractivity contribution in [3.63, 3.8) is 0 Å². The van der Waals surface area contributed by atoms with Crippen molar-refractivity contribution in [1.29, 1.82) is 0 Å². The predicted molar refractivity (Wildman–Crippen MR) is 99.0 cm³/mol. The standard InChI is InChI=1S/C15H11Cl2IN2O4/c1-8-10(16)6-19-15(14(8)17)20-12(21)7-23-13(22)5-3-9-2-4-11(18)24-9/h2-6H,7H2,1H3,(H,19,20,21)/b5-3+. The molecule has 0 atom stereocenters. The van der Waals surface area contributed by atoms with Crippen LogP contribution in [0.1, 0.15) is 11.3 Å². The molecular formula is C15H11Cl2IN2O4. The topological polar surface area (TPSA) is 81.4 Å². The summed E-state index contributed by atoms with van der Waals surface area (Å²) in [4.78, 5) is 27.3. The summed E-state index contributed by atoms with van der Waals surface area (Å²) in [7, 11) is 0. The van der Waals surface area contributed by atoms with Crippen LogP contribution in [-0.2, 0) is 14.3 Å². The number of anilines is 1. The zero-order chi connectivity index (χ0) is 17.7. The van der Waals surface area contributed by atoms with E-state index in [0.717, 1.165) is 0 Å². The number of carbonyl (C=O) groups excluding carboxylic acids is 2. The first kappa shape index (κ1) is 18.8. The number of hydrogen-bond donors (Lipinski definition) is 1. The predicted octanol–water partition coefficient (Wildman–Crippen LogP) is 4.09. The van der Waals surface area contributed by atoms with Crippen LogP contribution in [0, 0.1) is 10.7 Å². The molecule has 0 aromatic carbocycles. The van der Waals surface area contributed by atoms with Crippen LogP contribution in [0.3, 0.4) is 0 Å². The van der Waals surface area contributed by atoms with Crippen molar-refractivity contribution in [3.05, 3.63) is 49.5 Å². The van der Waals surface area contributed by atoms with Gasteiger partial charge in [0.1, 0.15) is 5.76 Å². The molecule has 0 aliphatic rings. The van der Waals surface area contributed by atoms with Gasteiger partial charge in [-0.3, -0.25) is 4.79 Å². The summed E-state index contributed by atoms with van der Waals surface area (Å²) < 4.78 is 10.8. The van der Waals surface area contributed by atoms with Crippen molar-refractivity contribution in [2.75, 3.05) is 11.9 Å². The van der Waals surface area contributed by atoms with E-state index in [-0.39, 0.29) is 10.8 Å². The number of carbonyl (C=O) groups is 2. The van der Waals surface area contributed by atoms with Crippen molar-refractivity contribution in [2.45, 2.75) is 6.92 Å². The molecule has 2 aromatic rings. The lowest BCUT2D eigenvalue weighted by Gasteiger charge is -2.08. The molecule has 0 fully saturated rings. The molecule has 0 unspecified atom stereocenters. The normalized spacial score (nSPS) is 10.8. The molecule has 2 aromatic heterocycles. The summed E-state index contributed by atoms with van der Waals surface area (Å²) in [5.41, 5.74) is 0.594. The summed E-state index contributed by atoms with van der Waals surface area (Å²) in [5.74, 6) is -0.586. The van der Waals surface area contributed by atoms with Crippen LogP contribution in [0.4, 0.5) is 5.82 Å². The third-order valence-corrected chi connectivity index (χ3v) is 4.21. The molecule has 1 N–H and O–H groups in total. The first-order valence-electron chi connectivity index (χ1n) is 6.57. The highest BCUT2D eigenvalue weighted by Crippen LogP contribution is 2.28. The maximum atomic E-state index is 11.8. The van der Waals surface area contributed by atoms with E-state index >= 15 is 0 Å². The van der Waals surface area contributed by atoms with Crippen molar-refractivity contribution >= 4 is 69.6 Å². The fraction of sp³-hybridized carbons (Fsp3) is 0.133.